The van der Waals surface area contributed by atoms with Crippen LogP contribution in [0.2, 0.25) is 0 Å². The molecule has 0 aliphatic carbocycles. The molecule has 0 saturated carbocycles. The number of hydrogen-bond donors (Lipinski definition) is 3. The Balaban J connectivity index is -0.000000319. The standard InChI is InChI=1S/C4H8F3O3P.C4H8O2.C2H2F3O3P/c5-4(6,7)2-1-3-11(8,9)10;1-3-6-4(2)5;3-2(4,5)1-8-9(6)7/h1-3H2,(H2,8,9,10);3H2,1-2H3;1H2/p+1. The largest absolute Gasteiger partial charge is 0.695 e. The number of hydrogen-bond acceptors (Lipinski definition) is 5. The molecule has 0 amide bonds. The first-order chi connectivity index (χ1) is 11.4. The molecule has 0 spiro atoms. The molecule has 0 radical (unpaired) electrons. The van der Waals surface area contributed by atoms with Crippen molar-refractivity contribution in [2.75, 3.05) is 19.4 Å². The highest BCUT2D eigenvalue weighted by molar-refractivity contribution is 7.51. The monoisotopic (exact) mass is 443 g/mol. The van der Waals surface area contributed by atoms with Gasteiger partial charge in [0, 0.05) is 17.9 Å². The van der Waals surface area contributed by atoms with Crippen molar-refractivity contribution in [3.05, 3.63) is 0 Å². The van der Waals surface area contributed by atoms with Crippen molar-refractivity contribution in [2.45, 2.75) is 39.0 Å². The summed E-state index contributed by atoms with van der Waals surface area (Å²) in [5.74, 6) is -0.211. The zero-order valence-electron chi connectivity index (χ0n) is 13.6. The third-order valence-corrected chi connectivity index (χ3v) is 2.84. The van der Waals surface area contributed by atoms with Crippen molar-refractivity contribution in [3.8, 4) is 0 Å². The lowest BCUT2D eigenvalue weighted by Crippen LogP contribution is -2.14. The molecule has 16 heteroatoms. The van der Waals surface area contributed by atoms with Crippen molar-refractivity contribution in [3.63, 3.8) is 0 Å². The Kier molecular flexibility index (Phi) is 16.5. The summed E-state index contributed by atoms with van der Waals surface area (Å²) in [6, 6.07) is 0. The van der Waals surface area contributed by atoms with Crippen molar-refractivity contribution in [2.24, 2.45) is 0 Å². The van der Waals surface area contributed by atoms with Gasteiger partial charge in [-0.15, -0.1) is 9.42 Å². The van der Waals surface area contributed by atoms with Gasteiger partial charge in [0.15, 0.2) is 0 Å². The Morgan fingerprint density at radius 1 is 1.12 bits per heavy atom. The number of alkyl halides is 6. The Hall–Kier alpha value is -0.780. The van der Waals surface area contributed by atoms with Gasteiger partial charge >= 0.3 is 34.2 Å². The van der Waals surface area contributed by atoms with Crippen LogP contribution in [-0.2, 0) is 23.2 Å². The summed E-state index contributed by atoms with van der Waals surface area (Å²) in [7, 11) is -7.39. The number of halogens is 6. The van der Waals surface area contributed by atoms with Crippen LogP contribution < -0.4 is 0 Å². The molecule has 0 aliphatic rings. The molecule has 3 N–H and O–H groups in total. The second kappa shape index (κ2) is 14.3. The van der Waals surface area contributed by atoms with Gasteiger partial charge in [0.1, 0.15) is 0 Å². The van der Waals surface area contributed by atoms with E-state index in [0.717, 1.165) is 0 Å². The molecule has 0 heterocycles. The van der Waals surface area contributed by atoms with Gasteiger partial charge in [0.2, 0.25) is 6.61 Å². The summed E-state index contributed by atoms with van der Waals surface area (Å²) in [5, 5.41) is 0. The highest BCUT2D eigenvalue weighted by Crippen LogP contribution is 2.36. The zero-order chi connectivity index (χ0) is 21.6. The van der Waals surface area contributed by atoms with E-state index < -0.39 is 53.8 Å². The fourth-order valence-corrected chi connectivity index (χ4v) is 1.64. The van der Waals surface area contributed by atoms with Gasteiger partial charge in [-0.1, -0.05) is 0 Å². The lowest BCUT2D eigenvalue weighted by molar-refractivity contribution is -0.153. The highest BCUT2D eigenvalue weighted by atomic mass is 31.2. The van der Waals surface area contributed by atoms with Crippen LogP contribution in [0.4, 0.5) is 26.3 Å². The van der Waals surface area contributed by atoms with Gasteiger partial charge in [0.25, 0.3) is 0 Å². The predicted molar refractivity (Wildman–Crippen MR) is 76.3 cm³/mol. The summed E-state index contributed by atoms with van der Waals surface area (Å²) >= 11 is 0. The van der Waals surface area contributed by atoms with Crippen LogP contribution in [0.1, 0.15) is 26.7 Å². The van der Waals surface area contributed by atoms with E-state index >= 15 is 0 Å². The number of carbonyl (C=O) groups excluding carboxylic acids is 1. The minimum atomic E-state index is -4.53. The van der Waals surface area contributed by atoms with Crippen LogP contribution in [0.25, 0.3) is 0 Å². The number of rotatable bonds is 6. The molecule has 1 atom stereocenters. The summed E-state index contributed by atoms with van der Waals surface area (Å²) in [6.07, 6.45) is -11.2. The molecule has 8 nitrogen and oxygen atoms in total. The molecule has 0 bridgehead atoms. The van der Waals surface area contributed by atoms with Crippen LogP contribution in [0.15, 0.2) is 0 Å². The van der Waals surface area contributed by atoms with Crippen LogP contribution in [0, 0.1) is 0 Å². The second-order valence-corrected chi connectivity index (χ2v) is 6.67. The molecule has 1 unspecified atom stereocenters. The first-order valence-corrected chi connectivity index (χ1v) is 9.43. The van der Waals surface area contributed by atoms with Crippen molar-refractivity contribution < 1.29 is 64.2 Å². The van der Waals surface area contributed by atoms with Crippen molar-refractivity contribution in [1.82, 2.24) is 0 Å². The van der Waals surface area contributed by atoms with Gasteiger partial charge in [-0.25, -0.2) is 0 Å². The minimum absolute atomic E-state index is 0.211. The first-order valence-electron chi connectivity index (χ1n) is 6.50. The molecule has 0 aromatic heterocycles. The lowest BCUT2D eigenvalue weighted by atomic mass is 10.3. The van der Waals surface area contributed by atoms with E-state index in [2.05, 4.69) is 9.26 Å². The van der Waals surface area contributed by atoms with E-state index in [4.69, 9.17) is 14.7 Å². The van der Waals surface area contributed by atoms with E-state index in [0.29, 0.717) is 6.61 Å². The topological polar surface area (TPSA) is 130 Å². The average Bonchev–Trinajstić information content (AvgIpc) is 2.33. The third-order valence-electron chi connectivity index (χ3n) is 1.60. The zero-order valence-corrected chi connectivity index (χ0v) is 15.4. The molecule has 0 saturated heterocycles. The maximum absolute atomic E-state index is 11.4. The van der Waals surface area contributed by atoms with Gasteiger partial charge in [-0.05, 0) is 13.3 Å². The Morgan fingerprint density at radius 3 is 1.73 bits per heavy atom. The molecule has 0 aromatic carbocycles. The van der Waals surface area contributed by atoms with E-state index in [-0.39, 0.29) is 5.97 Å². The lowest BCUT2D eigenvalue weighted by Gasteiger charge is -2.06. The Bertz CT molecular complexity index is 448. The number of ether oxygens (including phenoxy) is 1. The molecule has 0 fully saturated rings. The SMILES string of the molecule is CCOC(C)=O.O=P(O)(O)CCCC(F)(F)F.O=[P+](O)OCC(F)(F)F. The third kappa shape index (κ3) is 43.6. The van der Waals surface area contributed by atoms with Crippen LogP contribution in [-0.4, -0.2) is 52.4 Å². The second-order valence-electron chi connectivity index (χ2n) is 4.16. The maximum Gasteiger partial charge on any atom is 0.695 e. The molecule has 158 valence electrons. The van der Waals surface area contributed by atoms with Crippen molar-refractivity contribution in [1.29, 1.82) is 0 Å². The first kappa shape index (κ1) is 30.0. The smallest absolute Gasteiger partial charge is 0.466 e. The fraction of sp³-hybridized carbons (Fsp3) is 0.900. The summed E-state index contributed by atoms with van der Waals surface area (Å²) in [4.78, 5) is 33.8. The predicted octanol–water partition coefficient (Wildman–Crippen LogP) is 3.29. The molecule has 0 rings (SSSR count). The van der Waals surface area contributed by atoms with Gasteiger partial charge in [0.05, 0.1) is 12.8 Å². The quantitative estimate of drug-likeness (QED) is 0.324. The molecular weight excluding hydrogens is 424 g/mol. The number of esters is 1. The van der Waals surface area contributed by atoms with Crippen LogP contribution in [0.5, 0.6) is 0 Å². The Morgan fingerprint density at radius 2 is 1.58 bits per heavy atom. The van der Waals surface area contributed by atoms with Gasteiger partial charge < -0.3 is 14.5 Å². The van der Waals surface area contributed by atoms with Gasteiger partial charge in [-0.2, -0.15) is 26.3 Å². The van der Waals surface area contributed by atoms with E-state index in [1.165, 1.54) is 6.92 Å². The summed E-state index contributed by atoms with van der Waals surface area (Å²) in [5.41, 5.74) is 0. The molecule has 0 aliphatic heterocycles. The van der Waals surface area contributed by atoms with E-state index in [1.54, 1.807) is 6.92 Å². The van der Waals surface area contributed by atoms with Crippen LogP contribution in [0.3, 0.4) is 0 Å². The minimum Gasteiger partial charge on any atom is -0.466 e. The summed E-state index contributed by atoms with van der Waals surface area (Å²) in [6.45, 7) is 1.97. The number of carbonyl (C=O) groups is 1. The van der Waals surface area contributed by atoms with E-state index in [9.17, 15) is 40.3 Å². The molecular formula is C10H19F6O8P2+. The fourth-order valence-electron chi connectivity index (χ4n) is 0.817. The highest BCUT2D eigenvalue weighted by Gasteiger charge is 2.33. The van der Waals surface area contributed by atoms with Crippen molar-refractivity contribution >= 4 is 21.8 Å². The molecule has 26 heavy (non-hydrogen) atoms. The summed E-state index contributed by atoms with van der Waals surface area (Å²) < 4.78 is 94.6. The average molecular weight is 443 g/mol. The maximum atomic E-state index is 11.4. The Labute approximate surface area is 145 Å². The van der Waals surface area contributed by atoms with Crippen LogP contribution >= 0.6 is 15.9 Å². The van der Waals surface area contributed by atoms with Gasteiger partial charge in [-0.3, -0.25) is 9.36 Å². The normalized spacial score (nSPS) is 12.2. The molecule has 0 aromatic rings. The van der Waals surface area contributed by atoms with E-state index in [1.807, 2.05) is 0 Å².